The Morgan fingerprint density at radius 2 is 1.94 bits per heavy atom. The summed E-state index contributed by atoms with van der Waals surface area (Å²) in [6, 6.07) is 6.79. The lowest BCUT2D eigenvalue weighted by molar-refractivity contribution is -0.144. The number of fused-ring (bicyclic) bond motifs is 1. The molecule has 2 aromatic carbocycles. The van der Waals surface area contributed by atoms with E-state index >= 15 is 0 Å². The van der Waals surface area contributed by atoms with Gasteiger partial charge in [0.15, 0.2) is 1.41 Å². The highest BCUT2D eigenvalue weighted by Crippen LogP contribution is 2.32. The van der Waals surface area contributed by atoms with Crippen LogP contribution < -0.4 is 5.31 Å². The first-order valence-electron chi connectivity index (χ1n) is 12.0. The van der Waals surface area contributed by atoms with Crippen molar-refractivity contribution in [3.05, 3.63) is 69.7 Å². The lowest BCUT2D eigenvalue weighted by Gasteiger charge is -2.29. The number of piperidine rings is 1. The van der Waals surface area contributed by atoms with Gasteiger partial charge in [-0.05, 0) is 42.1 Å². The largest absolute Gasteiger partial charge is 0.330 e. The minimum Gasteiger partial charge on any atom is -0.322 e. The fourth-order valence-corrected chi connectivity index (χ4v) is 3.71. The van der Waals surface area contributed by atoms with E-state index in [1.807, 2.05) is 0 Å². The Hall–Kier alpha value is -3.13. The zero-order valence-electron chi connectivity index (χ0n) is 21.4. The summed E-state index contributed by atoms with van der Waals surface area (Å²) in [5, 5.41) is -0.0323. The van der Waals surface area contributed by atoms with Crippen LogP contribution in [0.5, 0.6) is 0 Å². The van der Waals surface area contributed by atoms with Crippen molar-refractivity contribution in [2.24, 2.45) is 0 Å². The van der Waals surface area contributed by atoms with Crippen LogP contribution in [-0.4, -0.2) is 34.4 Å². The Bertz CT molecular complexity index is 1320. The third kappa shape index (κ3) is 4.14. The van der Waals surface area contributed by atoms with E-state index in [0.717, 1.165) is 17.0 Å². The fraction of sp³-hybridized carbons (Fsp3) is 0.304. The summed E-state index contributed by atoms with van der Waals surface area (Å²) >= 11 is 5.71. The number of benzene rings is 2. The molecule has 1 N–H and O–H groups in total. The van der Waals surface area contributed by atoms with Gasteiger partial charge in [-0.2, -0.15) is 8.78 Å². The number of aryl methyl sites for hydroxylation is 1. The molecule has 1 unspecified atom stereocenters. The smallest absolute Gasteiger partial charge is 0.322 e. The van der Waals surface area contributed by atoms with Crippen LogP contribution in [0.4, 0.5) is 8.78 Å². The van der Waals surface area contributed by atoms with E-state index in [9.17, 15) is 28.0 Å². The minimum atomic E-state index is -3.74. The lowest BCUT2D eigenvalue weighted by Crippen LogP contribution is -2.52. The highest BCUT2D eigenvalue weighted by Gasteiger charge is 2.41. The molecule has 1 saturated heterocycles. The number of hydrogen-bond acceptors (Lipinski definition) is 4. The average Bonchev–Trinajstić information content (AvgIpc) is 3.15. The molecule has 1 atom stereocenters. The molecule has 1 fully saturated rings. The molecule has 2 aliphatic heterocycles. The number of alkyl halides is 2. The van der Waals surface area contributed by atoms with Crippen molar-refractivity contribution in [3.8, 4) is 0 Å². The summed E-state index contributed by atoms with van der Waals surface area (Å²) in [7, 11) is 0. The Morgan fingerprint density at radius 3 is 2.66 bits per heavy atom. The van der Waals surface area contributed by atoms with E-state index in [1.54, 1.807) is 0 Å². The van der Waals surface area contributed by atoms with Crippen LogP contribution in [0.2, 0.25) is 6.43 Å². The Morgan fingerprint density at radius 1 is 1.22 bits per heavy atom. The zero-order valence-corrected chi connectivity index (χ0v) is 17.2. The van der Waals surface area contributed by atoms with Crippen LogP contribution in [-0.2, 0) is 33.3 Å². The van der Waals surface area contributed by atoms with Crippen LogP contribution in [0.3, 0.4) is 0 Å². The molecule has 0 radical (unpaired) electrons. The molecule has 2 aliphatic rings. The van der Waals surface area contributed by atoms with Gasteiger partial charge in [-0.25, -0.2) is 0 Å². The summed E-state index contributed by atoms with van der Waals surface area (Å²) in [6.07, 6.45) is -6.99. The minimum absolute atomic E-state index is 0.0687. The summed E-state index contributed by atoms with van der Waals surface area (Å²) in [5.41, 5.74) is 0.306. The second-order valence-corrected chi connectivity index (χ2v) is 7.79. The zero-order chi connectivity index (χ0) is 27.5. The highest BCUT2D eigenvalue weighted by molar-refractivity contribution is 6.30. The summed E-state index contributed by atoms with van der Waals surface area (Å²) < 4.78 is 68.6. The topological polar surface area (TPSA) is 83.6 Å². The number of rotatable bonds is 6. The quantitative estimate of drug-likeness (QED) is 0.663. The Balaban J connectivity index is 1.52. The van der Waals surface area contributed by atoms with E-state index in [2.05, 4.69) is 0 Å². The maximum Gasteiger partial charge on any atom is 0.330 e. The van der Waals surface area contributed by atoms with Gasteiger partial charge >= 0.3 is 5.92 Å². The van der Waals surface area contributed by atoms with Gasteiger partial charge in [0.25, 0.3) is 5.91 Å². The third-order valence-corrected chi connectivity index (χ3v) is 5.52. The molecular formula is C23H19ClF2N2O4. The molecule has 32 heavy (non-hydrogen) atoms. The van der Waals surface area contributed by atoms with Crippen LogP contribution in [0, 0.1) is 0 Å². The lowest BCUT2D eigenvalue weighted by atomic mass is 9.97. The summed E-state index contributed by atoms with van der Waals surface area (Å²) in [6.45, 7) is -0.342. The first kappa shape index (κ1) is 16.5. The SMILES string of the molecule is [2H]N1C(=O)C(N2Cc3cc(CCC(=O)C(F)(F)c4ccc(Cl)cc4)ccc3C2=O)C([2H])([2H])C([2H])([2H])C1=O. The van der Waals surface area contributed by atoms with Gasteiger partial charge in [-0.3, -0.25) is 24.5 Å². The molecule has 3 amide bonds. The molecule has 6 nitrogen and oxygen atoms in total. The van der Waals surface area contributed by atoms with Crippen molar-refractivity contribution in [2.75, 3.05) is 0 Å². The maximum absolute atomic E-state index is 14.6. The van der Waals surface area contributed by atoms with E-state index in [4.69, 9.17) is 18.5 Å². The second kappa shape index (κ2) is 8.43. The molecule has 0 bridgehead atoms. The van der Waals surface area contributed by atoms with Gasteiger partial charge in [-0.15, -0.1) is 0 Å². The van der Waals surface area contributed by atoms with Crippen LogP contribution in [0.1, 0.15) is 51.7 Å². The van der Waals surface area contributed by atoms with Crippen LogP contribution >= 0.6 is 11.6 Å². The number of imide groups is 1. The molecule has 0 aliphatic carbocycles. The highest BCUT2D eigenvalue weighted by atomic mass is 35.5. The molecule has 4 rings (SSSR count). The normalized spacial score (nSPS) is 24.3. The molecular weight excluding hydrogens is 442 g/mol. The second-order valence-electron chi connectivity index (χ2n) is 7.36. The molecule has 9 heteroatoms. The number of Topliss-reactive ketones (excluding diaryl/α,β-unsaturated/α-hetero) is 1. The molecule has 166 valence electrons. The first-order chi connectivity index (χ1) is 17.1. The molecule has 0 spiro atoms. The van der Waals surface area contributed by atoms with Crippen molar-refractivity contribution in [2.45, 2.75) is 44.1 Å². The number of carbonyl (C=O) groups is 4. The Kier molecular flexibility index (Phi) is 4.34. The fourth-order valence-electron chi connectivity index (χ4n) is 3.59. The van der Waals surface area contributed by atoms with Crippen molar-refractivity contribution >= 4 is 35.1 Å². The van der Waals surface area contributed by atoms with Crippen molar-refractivity contribution < 1.29 is 34.9 Å². The maximum atomic E-state index is 14.6. The molecule has 2 heterocycles. The van der Waals surface area contributed by atoms with Gasteiger partial charge in [0.1, 0.15) is 6.04 Å². The number of nitrogens with one attached hydrogen (secondary N) is 1. The van der Waals surface area contributed by atoms with Gasteiger partial charge in [0.05, 0.1) is 0 Å². The molecule has 2 aromatic rings. The number of halogens is 3. The van der Waals surface area contributed by atoms with Crippen LogP contribution in [0.25, 0.3) is 0 Å². The number of carbonyl (C=O) groups excluding carboxylic acids is 4. The Labute approximate surface area is 194 Å². The molecule has 0 aromatic heterocycles. The van der Waals surface area contributed by atoms with Crippen molar-refractivity contribution in [1.82, 2.24) is 10.2 Å². The average molecular weight is 466 g/mol. The summed E-state index contributed by atoms with van der Waals surface area (Å²) in [4.78, 5) is 50.6. The van der Waals surface area contributed by atoms with E-state index in [-0.39, 0.29) is 28.9 Å². The molecule has 0 saturated carbocycles. The number of amides is 3. The monoisotopic (exact) mass is 465 g/mol. The number of hydrogen-bond donors (Lipinski definition) is 1. The van der Waals surface area contributed by atoms with Gasteiger partial charge in [0.2, 0.25) is 17.6 Å². The standard InChI is InChI=1S/C23H19ClF2N2O4/c24-16-5-3-15(4-6-16)23(25,26)19(29)9-2-13-1-7-17-14(11-13)12-28(22(17)32)18-8-10-20(30)27-21(18)31/h1,3-7,11,18H,2,8-10,12H2,(H,27,30,31)/i8D2,10D2/hD. The first-order valence-corrected chi connectivity index (χ1v) is 9.95. The number of nitrogens with zero attached hydrogens (tertiary/aromatic N) is 1. The van der Waals surface area contributed by atoms with Crippen molar-refractivity contribution in [3.63, 3.8) is 0 Å². The van der Waals surface area contributed by atoms with Gasteiger partial charge < -0.3 is 4.90 Å². The number of ketones is 1. The van der Waals surface area contributed by atoms with Crippen molar-refractivity contribution in [1.29, 1.82) is 0 Å². The third-order valence-electron chi connectivity index (χ3n) is 5.27. The predicted octanol–water partition coefficient (Wildman–Crippen LogP) is 3.39. The summed E-state index contributed by atoms with van der Waals surface area (Å²) in [5.74, 6) is -8.93. The van der Waals surface area contributed by atoms with E-state index in [0.29, 0.717) is 11.1 Å². The van der Waals surface area contributed by atoms with Gasteiger partial charge in [-0.1, -0.05) is 35.9 Å². The predicted molar refractivity (Wildman–Crippen MR) is 111 cm³/mol. The van der Waals surface area contributed by atoms with Gasteiger partial charge in [0, 0.05) is 41.0 Å². The van der Waals surface area contributed by atoms with Crippen LogP contribution in [0.15, 0.2) is 42.5 Å². The van der Waals surface area contributed by atoms with E-state index in [1.165, 1.54) is 30.3 Å². The van der Waals surface area contributed by atoms with E-state index < -0.39 is 60.2 Å².